The first-order valence-electron chi connectivity index (χ1n) is 7.50. The van der Waals surface area contributed by atoms with Crippen LogP contribution in [0.2, 0.25) is 0 Å². The van der Waals surface area contributed by atoms with E-state index in [1.807, 2.05) is 0 Å². The summed E-state index contributed by atoms with van der Waals surface area (Å²) in [6.45, 7) is 3.00. The maximum absolute atomic E-state index is 12.2. The Hall–Kier alpha value is -2.39. The molecule has 0 spiro atoms. The molecule has 0 saturated heterocycles. The highest BCUT2D eigenvalue weighted by atomic mass is 32.2. The lowest BCUT2D eigenvalue weighted by atomic mass is 10.1. The van der Waals surface area contributed by atoms with Gasteiger partial charge >= 0.3 is 0 Å². The predicted octanol–water partition coefficient (Wildman–Crippen LogP) is 1.12. The van der Waals surface area contributed by atoms with Crippen molar-refractivity contribution in [2.45, 2.75) is 31.6 Å². The number of amides is 1. The van der Waals surface area contributed by atoms with Crippen LogP contribution in [0.1, 0.15) is 19.1 Å². The fourth-order valence-corrected chi connectivity index (χ4v) is 3.20. The van der Waals surface area contributed by atoms with Crippen LogP contribution in [-0.2, 0) is 21.2 Å². The summed E-state index contributed by atoms with van der Waals surface area (Å²) >= 11 is 0. The van der Waals surface area contributed by atoms with Gasteiger partial charge in [-0.1, -0.05) is 0 Å². The van der Waals surface area contributed by atoms with Crippen molar-refractivity contribution in [3.05, 3.63) is 46.6 Å². The topological polar surface area (TPSA) is 119 Å². The van der Waals surface area contributed by atoms with E-state index in [0.29, 0.717) is 11.3 Å². The normalized spacial score (nSPS) is 14.1. The van der Waals surface area contributed by atoms with Gasteiger partial charge in [0.15, 0.2) is 14.6 Å². The lowest BCUT2D eigenvalue weighted by molar-refractivity contribution is -0.131. The number of hydrogen-bond donors (Lipinski definition) is 2. The standard InChI is InChI=1S/C16H20N2O6S/c1-11-4-5-13(24-11)12-6-8-18(14(19)10-12)9-7-16(2,15(20)17-21)25(3,22)23/h4-6,8,10,21H,7,9H2,1-3H3,(H,17,20). The molecule has 2 aromatic rings. The molecule has 8 nitrogen and oxygen atoms in total. The van der Waals surface area contributed by atoms with Crippen molar-refractivity contribution in [3.8, 4) is 11.3 Å². The number of sulfone groups is 1. The van der Waals surface area contributed by atoms with E-state index in [0.717, 1.165) is 12.0 Å². The van der Waals surface area contributed by atoms with E-state index in [1.165, 1.54) is 29.2 Å². The molecule has 1 atom stereocenters. The van der Waals surface area contributed by atoms with E-state index >= 15 is 0 Å². The fourth-order valence-electron chi connectivity index (χ4n) is 2.35. The molecular formula is C16H20N2O6S. The Kier molecular flexibility index (Phi) is 5.19. The molecule has 0 radical (unpaired) electrons. The van der Waals surface area contributed by atoms with Crippen LogP contribution < -0.4 is 11.0 Å². The summed E-state index contributed by atoms with van der Waals surface area (Å²) in [4.78, 5) is 24.0. The molecule has 0 aliphatic rings. The van der Waals surface area contributed by atoms with Gasteiger partial charge in [-0.2, -0.15) is 0 Å². The lowest BCUT2D eigenvalue weighted by Gasteiger charge is -2.25. The van der Waals surface area contributed by atoms with Gasteiger partial charge in [0, 0.05) is 30.6 Å². The summed E-state index contributed by atoms with van der Waals surface area (Å²) in [5.74, 6) is 0.242. The van der Waals surface area contributed by atoms with Gasteiger partial charge in [-0.15, -0.1) is 0 Å². The van der Waals surface area contributed by atoms with E-state index in [1.54, 1.807) is 25.1 Å². The average Bonchev–Trinajstić information content (AvgIpc) is 2.97. The van der Waals surface area contributed by atoms with Crippen LogP contribution in [0.15, 0.2) is 39.7 Å². The van der Waals surface area contributed by atoms with Gasteiger partial charge in [-0.05, 0) is 38.5 Å². The molecule has 0 aliphatic carbocycles. The molecule has 1 amide bonds. The first kappa shape index (κ1) is 18.9. The van der Waals surface area contributed by atoms with Crippen LogP contribution in [0.25, 0.3) is 11.3 Å². The Morgan fingerprint density at radius 3 is 2.52 bits per heavy atom. The third-order valence-electron chi connectivity index (χ3n) is 4.25. The summed E-state index contributed by atoms with van der Waals surface area (Å²) < 4.78 is 28.8. The second kappa shape index (κ2) is 6.85. The second-order valence-corrected chi connectivity index (χ2v) is 8.50. The summed E-state index contributed by atoms with van der Waals surface area (Å²) in [5.41, 5.74) is 1.63. The SMILES string of the molecule is Cc1ccc(-c2ccn(CCC(C)(C(=O)NO)S(C)(=O)=O)c(=O)c2)o1. The summed E-state index contributed by atoms with van der Waals surface area (Å²) in [7, 11) is -3.81. The van der Waals surface area contributed by atoms with Crippen molar-refractivity contribution in [2.24, 2.45) is 0 Å². The Morgan fingerprint density at radius 1 is 1.36 bits per heavy atom. The van der Waals surface area contributed by atoms with Crippen molar-refractivity contribution in [3.63, 3.8) is 0 Å². The molecule has 0 aliphatic heterocycles. The van der Waals surface area contributed by atoms with E-state index < -0.39 is 20.5 Å². The van der Waals surface area contributed by atoms with Gasteiger partial charge in [-0.25, -0.2) is 13.9 Å². The van der Waals surface area contributed by atoms with Gasteiger partial charge in [-0.3, -0.25) is 14.8 Å². The number of carbonyl (C=O) groups is 1. The highest BCUT2D eigenvalue weighted by Gasteiger charge is 2.43. The van der Waals surface area contributed by atoms with Gasteiger partial charge < -0.3 is 8.98 Å². The Balaban J connectivity index is 2.26. The van der Waals surface area contributed by atoms with E-state index in [2.05, 4.69) is 0 Å². The number of nitrogens with one attached hydrogen (secondary N) is 1. The van der Waals surface area contributed by atoms with Crippen LogP contribution in [0, 0.1) is 6.92 Å². The monoisotopic (exact) mass is 368 g/mol. The average molecular weight is 368 g/mol. The van der Waals surface area contributed by atoms with Crippen molar-refractivity contribution in [1.29, 1.82) is 0 Å². The van der Waals surface area contributed by atoms with Crippen molar-refractivity contribution in [2.75, 3.05) is 6.26 Å². The molecule has 2 N–H and O–H groups in total. The third-order valence-corrected chi connectivity index (χ3v) is 6.28. The highest BCUT2D eigenvalue weighted by molar-refractivity contribution is 7.92. The minimum absolute atomic E-state index is 0.00666. The minimum atomic E-state index is -3.81. The maximum Gasteiger partial charge on any atom is 0.264 e. The maximum atomic E-state index is 12.2. The van der Waals surface area contributed by atoms with Crippen LogP contribution in [0.5, 0.6) is 0 Å². The number of aryl methyl sites for hydroxylation is 2. The van der Waals surface area contributed by atoms with Gasteiger partial charge in [0.25, 0.3) is 11.5 Å². The summed E-state index contributed by atoms with van der Waals surface area (Å²) in [6, 6.07) is 6.58. The number of carbonyl (C=O) groups excluding carboxylic acids is 1. The highest BCUT2D eigenvalue weighted by Crippen LogP contribution is 2.23. The number of pyridine rings is 1. The predicted molar refractivity (Wildman–Crippen MR) is 90.9 cm³/mol. The largest absolute Gasteiger partial charge is 0.461 e. The van der Waals surface area contributed by atoms with Gasteiger partial charge in [0.1, 0.15) is 11.5 Å². The molecule has 2 heterocycles. The van der Waals surface area contributed by atoms with Crippen LogP contribution in [0.3, 0.4) is 0 Å². The van der Waals surface area contributed by atoms with Crippen molar-refractivity contribution < 1.29 is 22.8 Å². The van der Waals surface area contributed by atoms with E-state index in [4.69, 9.17) is 9.62 Å². The second-order valence-electron chi connectivity index (χ2n) is 6.05. The molecule has 2 aromatic heterocycles. The lowest BCUT2D eigenvalue weighted by Crippen LogP contribution is -2.49. The molecule has 0 fully saturated rings. The zero-order valence-corrected chi connectivity index (χ0v) is 15.0. The van der Waals surface area contributed by atoms with Crippen LogP contribution in [-0.4, -0.2) is 35.1 Å². The third kappa shape index (κ3) is 3.83. The molecule has 9 heteroatoms. The molecule has 0 saturated carbocycles. The molecular weight excluding hydrogens is 348 g/mol. The van der Waals surface area contributed by atoms with E-state index in [9.17, 15) is 18.0 Å². The van der Waals surface area contributed by atoms with Crippen LogP contribution in [0.4, 0.5) is 0 Å². The first-order chi connectivity index (χ1) is 11.6. The number of rotatable bonds is 6. The zero-order chi connectivity index (χ0) is 18.8. The molecule has 1 unspecified atom stereocenters. The minimum Gasteiger partial charge on any atom is -0.461 e. The first-order valence-corrected chi connectivity index (χ1v) is 9.39. The number of hydroxylamine groups is 1. The number of furan rings is 1. The number of nitrogens with zero attached hydrogens (tertiary/aromatic N) is 1. The summed E-state index contributed by atoms with van der Waals surface area (Å²) in [6.07, 6.45) is 2.25. The number of hydrogen-bond acceptors (Lipinski definition) is 6. The molecule has 0 aromatic carbocycles. The smallest absolute Gasteiger partial charge is 0.264 e. The molecule has 2 rings (SSSR count). The van der Waals surface area contributed by atoms with E-state index in [-0.39, 0.29) is 18.5 Å². The Morgan fingerprint density at radius 2 is 2.04 bits per heavy atom. The number of aromatic nitrogens is 1. The van der Waals surface area contributed by atoms with Gasteiger partial charge in [0.2, 0.25) is 0 Å². The summed E-state index contributed by atoms with van der Waals surface area (Å²) in [5, 5.41) is 8.81. The zero-order valence-electron chi connectivity index (χ0n) is 14.1. The van der Waals surface area contributed by atoms with Crippen molar-refractivity contribution in [1.82, 2.24) is 10.0 Å². The Bertz CT molecular complexity index is 944. The van der Waals surface area contributed by atoms with Crippen LogP contribution >= 0.6 is 0 Å². The fraction of sp³-hybridized carbons (Fsp3) is 0.375. The molecule has 136 valence electrons. The van der Waals surface area contributed by atoms with Gasteiger partial charge in [0.05, 0.1) is 0 Å². The quantitative estimate of drug-likeness (QED) is 0.582. The molecule has 25 heavy (non-hydrogen) atoms. The molecule has 0 bridgehead atoms. The Labute approximate surface area is 145 Å². The van der Waals surface area contributed by atoms with Crippen molar-refractivity contribution >= 4 is 15.7 Å².